The van der Waals surface area contributed by atoms with E-state index in [0.717, 1.165) is 19.0 Å². The molecule has 2 aliphatic carbocycles. The molecule has 4 heteroatoms. The maximum absolute atomic E-state index is 5.01. The van der Waals surface area contributed by atoms with Gasteiger partial charge < -0.3 is 9.88 Å². The third-order valence-corrected chi connectivity index (χ3v) is 6.54. The Morgan fingerprint density at radius 2 is 1.70 bits per heavy atom. The van der Waals surface area contributed by atoms with Crippen molar-refractivity contribution >= 4 is 11.3 Å². The Bertz CT molecular complexity index is 517. The Hall–Kier alpha value is -0.610. The van der Waals surface area contributed by atoms with Gasteiger partial charge in [-0.05, 0) is 25.7 Å². The summed E-state index contributed by atoms with van der Waals surface area (Å²) in [7, 11) is 2.19. The molecule has 0 amide bonds. The average molecular weight is 336 g/mol. The number of nitrogens with one attached hydrogen (secondary N) is 1. The second-order valence-electron chi connectivity index (χ2n) is 7.38. The number of rotatable bonds is 5. The molecule has 2 fully saturated rings. The smallest absolute Gasteiger partial charge is 0.184 e. The first-order chi connectivity index (χ1) is 11.3. The van der Waals surface area contributed by atoms with E-state index in [1.807, 2.05) is 11.3 Å². The highest BCUT2D eigenvalue weighted by Gasteiger charge is 2.13. The fraction of sp³-hybridized carbons (Fsp3) is 0.842. The number of thiazole rings is 1. The normalized spacial score (nSPS) is 22.4. The van der Waals surface area contributed by atoms with Crippen LogP contribution in [0.3, 0.4) is 0 Å². The maximum atomic E-state index is 5.01. The van der Waals surface area contributed by atoms with E-state index in [9.17, 15) is 0 Å². The van der Waals surface area contributed by atoms with Gasteiger partial charge in [0.2, 0.25) is 0 Å². The van der Waals surface area contributed by atoms with Gasteiger partial charge in [0.25, 0.3) is 0 Å². The molecule has 2 saturated carbocycles. The van der Waals surface area contributed by atoms with E-state index < -0.39 is 0 Å². The highest BCUT2D eigenvalue weighted by Crippen LogP contribution is 2.20. The highest BCUT2D eigenvalue weighted by atomic mass is 32.1. The van der Waals surface area contributed by atoms with Crippen LogP contribution < -0.4 is 10.1 Å². The Balaban J connectivity index is 1.51. The standard InChI is InChI=1S/C19H33N3S/c1-22-18(13-14-20-16-9-5-2-3-6-10-16)15-23-19(22)21-17-11-7-4-8-12-17/h15-17,20H,2-14H2,1H3. The molecule has 0 aliphatic heterocycles. The van der Waals surface area contributed by atoms with Crippen molar-refractivity contribution in [2.45, 2.75) is 89.1 Å². The predicted octanol–water partition coefficient (Wildman–Crippen LogP) is 4.17. The molecule has 1 heterocycles. The first-order valence-corrected chi connectivity index (χ1v) is 10.6. The quantitative estimate of drug-likeness (QED) is 0.804. The van der Waals surface area contributed by atoms with Gasteiger partial charge in [-0.2, -0.15) is 0 Å². The molecule has 1 aromatic rings. The Morgan fingerprint density at radius 3 is 2.43 bits per heavy atom. The van der Waals surface area contributed by atoms with Crippen molar-refractivity contribution < 1.29 is 0 Å². The summed E-state index contributed by atoms with van der Waals surface area (Å²) in [5, 5.41) is 6.10. The van der Waals surface area contributed by atoms with Crippen LogP contribution >= 0.6 is 11.3 Å². The summed E-state index contributed by atoms with van der Waals surface area (Å²) in [6, 6.07) is 1.33. The predicted molar refractivity (Wildman–Crippen MR) is 98.9 cm³/mol. The van der Waals surface area contributed by atoms with Crippen LogP contribution in [0.4, 0.5) is 0 Å². The van der Waals surface area contributed by atoms with Crippen molar-refractivity contribution in [1.29, 1.82) is 0 Å². The lowest BCUT2D eigenvalue weighted by Crippen LogP contribution is -2.31. The van der Waals surface area contributed by atoms with Gasteiger partial charge in [-0.1, -0.05) is 44.9 Å². The summed E-state index contributed by atoms with van der Waals surface area (Å²) < 4.78 is 2.33. The van der Waals surface area contributed by atoms with E-state index in [1.54, 1.807) is 0 Å². The SMILES string of the molecule is Cn1c(CCNC2CCCCCC2)csc1=NC1CCCCC1. The van der Waals surface area contributed by atoms with Crippen molar-refractivity contribution in [2.24, 2.45) is 12.0 Å². The molecule has 130 valence electrons. The van der Waals surface area contributed by atoms with Crippen LogP contribution in [-0.4, -0.2) is 23.2 Å². The molecule has 1 N–H and O–H groups in total. The summed E-state index contributed by atoms with van der Waals surface area (Å²) in [6.07, 6.45) is 16.3. The molecule has 0 aromatic carbocycles. The molecule has 0 unspecified atom stereocenters. The van der Waals surface area contributed by atoms with E-state index in [4.69, 9.17) is 4.99 Å². The van der Waals surface area contributed by atoms with Crippen LogP contribution in [0.15, 0.2) is 10.4 Å². The molecule has 1 aromatic heterocycles. The fourth-order valence-corrected chi connectivity index (χ4v) is 5.00. The lowest BCUT2D eigenvalue weighted by Gasteiger charge is -2.17. The minimum absolute atomic E-state index is 0.575. The summed E-state index contributed by atoms with van der Waals surface area (Å²) in [5.74, 6) is 0. The molecule has 2 aliphatic rings. The van der Waals surface area contributed by atoms with Gasteiger partial charge in [-0.15, -0.1) is 11.3 Å². The zero-order valence-corrected chi connectivity index (χ0v) is 15.5. The first kappa shape index (κ1) is 17.2. The summed E-state index contributed by atoms with van der Waals surface area (Å²) >= 11 is 1.83. The molecule has 0 atom stereocenters. The molecule has 0 radical (unpaired) electrons. The van der Waals surface area contributed by atoms with Crippen molar-refractivity contribution in [3.8, 4) is 0 Å². The molecular weight excluding hydrogens is 302 g/mol. The zero-order valence-electron chi connectivity index (χ0n) is 14.7. The van der Waals surface area contributed by atoms with E-state index in [-0.39, 0.29) is 0 Å². The molecule has 3 nitrogen and oxygen atoms in total. The monoisotopic (exact) mass is 335 g/mol. The number of hydrogen-bond donors (Lipinski definition) is 1. The minimum atomic E-state index is 0.575. The minimum Gasteiger partial charge on any atom is -0.324 e. The molecule has 23 heavy (non-hydrogen) atoms. The van der Waals surface area contributed by atoms with Gasteiger partial charge >= 0.3 is 0 Å². The third-order valence-electron chi connectivity index (χ3n) is 5.56. The average Bonchev–Trinajstić information content (AvgIpc) is 2.79. The summed E-state index contributed by atoms with van der Waals surface area (Å²) in [5.41, 5.74) is 1.44. The number of aromatic nitrogens is 1. The van der Waals surface area contributed by atoms with Gasteiger partial charge in [0.1, 0.15) is 0 Å². The van der Waals surface area contributed by atoms with Crippen LogP contribution in [-0.2, 0) is 13.5 Å². The zero-order chi connectivity index (χ0) is 15.9. The molecule has 0 spiro atoms. The second kappa shape index (κ2) is 9.03. The molecule has 3 rings (SSSR count). The maximum Gasteiger partial charge on any atom is 0.184 e. The van der Waals surface area contributed by atoms with E-state index in [1.165, 1.54) is 81.1 Å². The van der Waals surface area contributed by atoms with Crippen LogP contribution in [0.25, 0.3) is 0 Å². The lowest BCUT2D eigenvalue weighted by atomic mass is 9.96. The topological polar surface area (TPSA) is 29.3 Å². The second-order valence-corrected chi connectivity index (χ2v) is 8.22. The molecule has 0 bridgehead atoms. The Labute approximate surface area is 145 Å². The van der Waals surface area contributed by atoms with Crippen molar-refractivity contribution in [3.63, 3.8) is 0 Å². The molecule has 0 saturated heterocycles. The van der Waals surface area contributed by atoms with Crippen LogP contribution in [0, 0.1) is 0 Å². The lowest BCUT2D eigenvalue weighted by molar-refractivity contribution is 0.434. The number of nitrogens with zero attached hydrogens (tertiary/aromatic N) is 2. The van der Waals surface area contributed by atoms with Crippen molar-refractivity contribution in [1.82, 2.24) is 9.88 Å². The van der Waals surface area contributed by atoms with Crippen molar-refractivity contribution in [3.05, 3.63) is 15.9 Å². The fourth-order valence-electron chi connectivity index (χ4n) is 4.00. The van der Waals surface area contributed by atoms with E-state index >= 15 is 0 Å². The van der Waals surface area contributed by atoms with Gasteiger partial charge in [-0.3, -0.25) is 4.99 Å². The van der Waals surface area contributed by atoms with Crippen LogP contribution in [0.1, 0.15) is 76.3 Å². The van der Waals surface area contributed by atoms with Crippen LogP contribution in [0.2, 0.25) is 0 Å². The third kappa shape index (κ3) is 5.18. The van der Waals surface area contributed by atoms with Gasteiger partial charge in [-0.25, -0.2) is 0 Å². The van der Waals surface area contributed by atoms with E-state index in [2.05, 4.69) is 22.3 Å². The van der Waals surface area contributed by atoms with Gasteiger partial charge in [0, 0.05) is 37.1 Å². The van der Waals surface area contributed by atoms with Crippen molar-refractivity contribution in [2.75, 3.05) is 6.54 Å². The Morgan fingerprint density at radius 1 is 1.04 bits per heavy atom. The first-order valence-electron chi connectivity index (χ1n) is 9.73. The number of hydrogen-bond acceptors (Lipinski definition) is 3. The van der Waals surface area contributed by atoms with Gasteiger partial charge in [0.15, 0.2) is 4.80 Å². The van der Waals surface area contributed by atoms with E-state index in [0.29, 0.717) is 6.04 Å². The Kier molecular flexibility index (Phi) is 6.76. The largest absolute Gasteiger partial charge is 0.324 e. The summed E-state index contributed by atoms with van der Waals surface area (Å²) in [6.45, 7) is 1.11. The highest BCUT2D eigenvalue weighted by molar-refractivity contribution is 7.07. The van der Waals surface area contributed by atoms with Crippen LogP contribution in [0.5, 0.6) is 0 Å². The van der Waals surface area contributed by atoms with Gasteiger partial charge in [0.05, 0.1) is 6.04 Å². The molecular formula is C19H33N3S. The summed E-state index contributed by atoms with van der Waals surface area (Å²) in [4.78, 5) is 6.23.